The van der Waals surface area contributed by atoms with E-state index in [4.69, 9.17) is 0 Å². The Morgan fingerprint density at radius 1 is 0.833 bits per heavy atom. The van der Waals surface area contributed by atoms with E-state index < -0.39 is 0 Å². The number of carbonyl (C=O) groups excluding carboxylic acids is 1. The van der Waals surface area contributed by atoms with Crippen molar-refractivity contribution in [3.63, 3.8) is 0 Å². The maximum Gasteiger partial charge on any atom is 0.140 e. The van der Waals surface area contributed by atoms with Crippen molar-refractivity contribution in [1.82, 2.24) is 0 Å². The lowest BCUT2D eigenvalue weighted by Crippen LogP contribution is -2.30. The van der Waals surface area contributed by atoms with Crippen LogP contribution in [0.3, 0.4) is 0 Å². The van der Waals surface area contributed by atoms with Crippen molar-refractivity contribution in [3.8, 4) is 0 Å². The molecule has 0 aromatic rings. The Hall–Kier alpha value is -0.330. The lowest BCUT2D eigenvalue weighted by molar-refractivity contribution is -0.122. The molecule has 0 aromatic carbocycles. The number of rotatable bonds is 0. The Bertz CT molecular complexity index is 291. The Morgan fingerprint density at radius 2 is 1.33 bits per heavy atom. The fourth-order valence-electron chi connectivity index (χ4n) is 6.24. The molecule has 0 N–H and O–H groups in total. The highest BCUT2D eigenvalue weighted by Crippen LogP contribution is 2.81. The Kier molecular flexibility index (Phi) is 0.547. The van der Waals surface area contributed by atoms with Gasteiger partial charge >= 0.3 is 0 Å². The van der Waals surface area contributed by atoms with Crippen LogP contribution in [-0.2, 0) is 4.79 Å². The van der Waals surface area contributed by atoms with Gasteiger partial charge in [-0.05, 0) is 48.3 Å². The first-order valence-electron chi connectivity index (χ1n) is 5.41. The van der Waals surface area contributed by atoms with Gasteiger partial charge in [-0.3, -0.25) is 4.79 Å². The van der Waals surface area contributed by atoms with Crippen molar-refractivity contribution >= 4 is 5.78 Å². The van der Waals surface area contributed by atoms with Crippen LogP contribution in [-0.4, -0.2) is 5.78 Å². The number of Topliss-reactive ketones (excluding diaryl/α,β-unsaturated/α-hetero) is 1. The fraction of sp³-hybridized carbons (Fsp3) is 0.909. The first kappa shape index (κ1) is 5.41. The summed E-state index contributed by atoms with van der Waals surface area (Å²) in [6, 6.07) is 0. The third kappa shape index (κ3) is 0.272. The molecule has 6 fully saturated rings. The molecule has 12 heavy (non-hydrogen) atoms. The Balaban J connectivity index is 1.94. The van der Waals surface area contributed by atoms with E-state index in [0.717, 1.165) is 35.5 Å². The maximum absolute atomic E-state index is 11.9. The predicted octanol–water partition coefficient (Wildman–Crippen LogP) is 1.33. The third-order valence-corrected chi connectivity index (χ3v) is 6.03. The topological polar surface area (TPSA) is 17.1 Å². The van der Waals surface area contributed by atoms with Crippen molar-refractivity contribution in [1.29, 1.82) is 0 Å². The van der Waals surface area contributed by atoms with Crippen LogP contribution in [0.5, 0.6) is 0 Å². The van der Waals surface area contributed by atoms with Gasteiger partial charge in [-0.2, -0.15) is 0 Å². The molecular formula is C11H12O. The second-order valence-electron chi connectivity index (χ2n) is 5.74. The predicted molar refractivity (Wildman–Crippen MR) is 42.2 cm³/mol. The van der Waals surface area contributed by atoms with Gasteiger partial charge in [-0.1, -0.05) is 0 Å². The molecule has 6 rings (SSSR count). The van der Waals surface area contributed by atoms with E-state index in [1.807, 2.05) is 0 Å². The smallest absolute Gasteiger partial charge is 0.140 e. The van der Waals surface area contributed by atoms with Crippen LogP contribution in [0.4, 0.5) is 0 Å². The Morgan fingerprint density at radius 3 is 1.83 bits per heavy atom. The van der Waals surface area contributed by atoms with Crippen molar-refractivity contribution in [2.75, 3.05) is 0 Å². The van der Waals surface area contributed by atoms with Crippen LogP contribution in [0.25, 0.3) is 0 Å². The number of hydrogen-bond donors (Lipinski definition) is 0. The van der Waals surface area contributed by atoms with Crippen molar-refractivity contribution in [3.05, 3.63) is 0 Å². The van der Waals surface area contributed by atoms with Gasteiger partial charge in [0.1, 0.15) is 5.78 Å². The molecule has 0 heterocycles. The number of ketones is 1. The normalized spacial score (nSPS) is 79.2. The van der Waals surface area contributed by atoms with E-state index in [1.54, 1.807) is 0 Å². The molecule has 8 atom stereocenters. The molecule has 0 aromatic heterocycles. The summed E-state index contributed by atoms with van der Waals surface area (Å²) in [7, 11) is 0. The summed E-state index contributed by atoms with van der Waals surface area (Å²) >= 11 is 0. The molecule has 6 bridgehead atoms. The highest BCUT2D eigenvalue weighted by Gasteiger charge is 2.80. The minimum Gasteiger partial charge on any atom is -0.299 e. The second kappa shape index (κ2) is 1.21. The van der Waals surface area contributed by atoms with Crippen molar-refractivity contribution in [2.24, 2.45) is 47.3 Å². The fourth-order valence-corrected chi connectivity index (χ4v) is 6.24. The summed E-state index contributed by atoms with van der Waals surface area (Å²) in [6.07, 6.45) is 2.90. The Labute approximate surface area is 71.5 Å². The minimum atomic E-state index is 0.591. The van der Waals surface area contributed by atoms with Crippen LogP contribution in [0.1, 0.15) is 12.8 Å². The molecule has 0 saturated heterocycles. The number of hydrogen-bond acceptors (Lipinski definition) is 1. The van der Waals surface area contributed by atoms with Crippen molar-refractivity contribution in [2.45, 2.75) is 12.8 Å². The standard InChI is InChI=1S/C11H12O/c12-11-9-5-1-3-4-2-6(7(3)9)10(11)8(4)5/h3-10H,1-2H2/t3-,4-,5-,6+,7-,8-,9-,10+/m1/s1. The van der Waals surface area contributed by atoms with E-state index in [9.17, 15) is 4.79 Å². The van der Waals surface area contributed by atoms with Gasteiger partial charge in [-0.15, -0.1) is 0 Å². The van der Waals surface area contributed by atoms with Gasteiger partial charge in [0.05, 0.1) is 0 Å². The van der Waals surface area contributed by atoms with E-state index >= 15 is 0 Å². The van der Waals surface area contributed by atoms with Crippen molar-refractivity contribution < 1.29 is 4.79 Å². The lowest BCUT2D eigenvalue weighted by Gasteiger charge is -2.32. The first-order chi connectivity index (χ1) is 5.88. The summed E-state index contributed by atoms with van der Waals surface area (Å²) in [6.45, 7) is 0. The molecule has 6 aliphatic rings. The quantitative estimate of drug-likeness (QED) is 0.522. The molecule has 0 radical (unpaired) electrons. The molecule has 1 nitrogen and oxygen atoms in total. The highest BCUT2D eigenvalue weighted by atomic mass is 16.1. The average molecular weight is 160 g/mol. The van der Waals surface area contributed by atoms with Gasteiger partial charge < -0.3 is 0 Å². The minimum absolute atomic E-state index is 0.591. The largest absolute Gasteiger partial charge is 0.299 e. The van der Waals surface area contributed by atoms with Crippen LogP contribution < -0.4 is 0 Å². The average Bonchev–Trinajstić information content (AvgIpc) is 2.68. The van der Waals surface area contributed by atoms with Gasteiger partial charge in [0, 0.05) is 11.8 Å². The van der Waals surface area contributed by atoms with Gasteiger partial charge in [0.25, 0.3) is 0 Å². The van der Waals surface area contributed by atoms with Crippen LogP contribution in [0, 0.1) is 47.3 Å². The van der Waals surface area contributed by atoms with Crippen LogP contribution in [0.2, 0.25) is 0 Å². The molecule has 1 heteroatoms. The lowest BCUT2D eigenvalue weighted by atomic mass is 9.71. The van der Waals surface area contributed by atoms with Crippen LogP contribution >= 0.6 is 0 Å². The zero-order valence-electron chi connectivity index (χ0n) is 6.94. The van der Waals surface area contributed by atoms with Gasteiger partial charge in [0.2, 0.25) is 0 Å². The maximum atomic E-state index is 11.9. The molecule has 0 unspecified atom stereocenters. The highest BCUT2D eigenvalue weighted by molar-refractivity contribution is 5.91. The molecule has 0 aliphatic heterocycles. The van der Waals surface area contributed by atoms with E-state index in [1.165, 1.54) is 12.8 Å². The van der Waals surface area contributed by atoms with E-state index in [0.29, 0.717) is 17.6 Å². The second-order valence-corrected chi connectivity index (χ2v) is 5.74. The van der Waals surface area contributed by atoms with E-state index in [2.05, 4.69) is 0 Å². The SMILES string of the molecule is O=C1[C@@H]2[C@@H]3C[C@@H]4[C@H]5C[C@H]([C@H]1[C@H]53)[C@@H]42. The third-order valence-electron chi connectivity index (χ3n) is 6.03. The van der Waals surface area contributed by atoms with Crippen LogP contribution in [0.15, 0.2) is 0 Å². The molecule has 0 amide bonds. The molecule has 6 aliphatic carbocycles. The molecule has 0 spiro atoms. The monoisotopic (exact) mass is 160 g/mol. The number of carbonyl (C=O) groups is 1. The zero-order valence-corrected chi connectivity index (χ0v) is 6.94. The van der Waals surface area contributed by atoms with Gasteiger partial charge in [-0.25, -0.2) is 0 Å². The summed E-state index contributed by atoms with van der Waals surface area (Å²) in [4.78, 5) is 11.9. The zero-order chi connectivity index (χ0) is 7.61. The summed E-state index contributed by atoms with van der Waals surface area (Å²) in [5, 5.41) is 0. The summed E-state index contributed by atoms with van der Waals surface area (Å²) < 4.78 is 0. The van der Waals surface area contributed by atoms with Gasteiger partial charge in [0.15, 0.2) is 0 Å². The molecular weight excluding hydrogens is 148 g/mol. The summed E-state index contributed by atoms with van der Waals surface area (Å²) in [5.41, 5.74) is 0. The molecule has 6 saturated carbocycles. The molecule has 62 valence electrons. The summed E-state index contributed by atoms with van der Waals surface area (Å²) in [5.74, 6) is 7.54. The first-order valence-corrected chi connectivity index (χ1v) is 5.41. The van der Waals surface area contributed by atoms with E-state index in [-0.39, 0.29) is 0 Å².